The number of aromatic nitrogens is 2. The first-order valence-electron chi connectivity index (χ1n) is 3.25. The van der Waals surface area contributed by atoms with Crippen LogP contribution >= 0.6 is 0 Å². The second kappa shape index (κ2) is 2.54. The van der Waals surface area contributed by atoms with E-state index in [9.17, 15) is 0 Å². The standard InChI is InChI=1S/C8H6N2O/c1-2-7(4-9-3-1)8-5-11-6-10-8/h1-6H. The molecule has 0 atom stereocenters. The first-order valence-corrected chi connectivity index (χ1v) is 3.25. The molecule has 0 aromatic carbocycles. The molecule has 2 rings (SSSR count). The van der Waals surface area contributed by atoms with E-state index in [-0.39, 0.29) is 0 Å². The van der Waals surface area contributed by atoms with Gasteiger partial charge >= 0.3 is 0 Å². The van der Waals surface area contributed by atoms with E-state index in [2.05, 4.69) is 9.97 Å². The first kappa shape index (κ1) is 6.09. The van der Waals surface area contributed by atoms with Gasteiger partial charge in [0.25, 0.3) is 0 Å². The van der Waals surface area contributed by atoms with E-state index in [1.54, 1.807) is 18.7 Å². The Morgan fingerprint density at radius 2 is 2.36 bits per heavy atom. The summed E-state index contributed by atoms with van der Waals surface area (Å²) in [4.78, 5) is 7.94. The van der Waals surface area contributed by atoms with Crippen molar-refractivity contribution in [2.75, 3.05) is 0 Å². The van der Waals surface area contributed by atoms with Gasteiger partial charge in [0.2, 0.25) is 0 Å². The highest BCUT2D eigenvalue weighted by Gasteiger charge is 1.97. The van der Waals surface area contributed by atoms with Gasteiger partial charge in [0.05, 0.1) is 0 Å². The molecule has 0 unspecified atom stereocenters. The zero-order valence-corrected chi connectivity index (χ0v) is 5.77. The van der Waals surface area contributed by atoms with Gasteiger partial charge in [-0.15, -0.1) is 0 Å². The molecule has 2 heterocycles. The van der Waals surface area contributed by atoms with Crippen LogP contribution in [0, 0.1) is 0 Å². The summed E-state index contributed by atoms with van der Waals surface area (Å²) < 4.78 is 4.83. The van der Waals surface area contributed by atoms with Gasteiger partial charge in [0, 0.05) is 18.0 Å². The molecule has 0 bridgehead atoms. The predicted molar refractivity (Wildman–Crippen MR) is 39.7 cm³/mol. The molecule has 2 aromatic heterocycles. The van der Waals surface area contributed by atoms with Crippen molar-refractivity contribution < 1.29 is 4.42 Å². The van der Waals surface area contributed by atoms with Gasteiger partial charge in [-0.3, -0.25) is 4.98 Å². The van der Waals surface area contributed by atoms with Crippen LogP contribution in [-0.4, -0.2) is 9.97 Å². The lowest BCUT2D eigenvalue weighted by Crippen LogP contribution is -1.76. The highest BCUT2D eigenvalue weighted by molar-refractivity contribution is 5.55. The minimum atomic E-state index is 0.818. The molecule has 54 valence electrons. The monoisotopic (exact) mass is 146 g/mol. The normalized spacial score (nSPS) is 9.82. The Morgan fingerprint density at radius 3 is 3.00 bits per heavy atom. The van der Waals surface area contributed by atoms with Crippen LogP contribution in [-0.2, 0) is 0 Å². The van der Waals surface area contributed by atoms with Crippen molar-refractivity contribution >= 4 is 0 Å². The summed E-state index contributed by atoms with van der Waals surface area (Å²) in [7, 11) is 0. The lowest BCUT2D eigenvalue weighted by molar-refractivity contribution is 0.558. The molecular formula is C8H6N2O. The highest BCUT2D eigenvalue weighted by Crippen LogP contribution is 2.13. The van der Waals surface area contributed by atoms with Crippen LogP contribution in [0.4, 0.5) is 0 Å². The molecule has 0 N–H and O–H groups in total. The second-order valence-electron chi connectivity index (χ2n) is 2.12. The molecule has 11 heavy (non-hydrogen) atoms. The Morgan fingerprint density at radius 1 is 1.36 bits per heavy atom. The van der Waals surface area contributed by atoms with Crippen molar-refractivity contribution in [2.24, 2.45) is 0 Å². The third-order valence-electron chi connectivity index (χ3n) is 1.39. The quantitative estimate of drug-likeness (QED) is 0.615. The number of hydrogen-bond donors (Lipinski definition) is 0. The molecule has 0 radical (unpaired) electrons. The van der Waals surface area contributed by atoms with Crippen molar-refractivity contribution in [3.05, 3.63) is 37.2 Å². The van der Waals surface area contributed by atoms with Crippen molar-refractivity contribution in [3.63, 3.8) is 0 Å². The molecule has 0 saturated carbocycles. The van der Waals surface area contributed by atoms with Crippen LogP contribution in [0.1, 0.15) is 0 Å². The fourth-order valence-corrected chi connectivity index (χ4v) is 0.869. The molecule has 2 aromatic rings. The maximum absolute atomic E-state index is 4.83. The topological polar surface area (TPSA) is 38.9 Å². The third-order valence-corrected chi connectivity index (χ3v) is 1.39. The van der Waals surface area contributed by atoms with Gasteiger partial charge in [-0.1, -0.05) is 0 Å². The van der Waals surface area contributed by atoms with E-state index in [1.165, 1.54) is 6.39 Å². The van der Waals surface area contributed by atoms with E-state index < -0.39 is 0 Å². The van der Waals surface area contributed by atoms with E-state index in [4.69, 9.17) is 4.42 Å². The number of rotatable bonds is 1. The summed E-state index contributed by atoms with van der Waals surface area (Å²) in [5, 5.41) is 0. The molecule has 0 fully saturated rings. The Hall–Kier alpha value is -1.64. The maximum atomic E-state index is 4.83. The minimum Gasteiger partial charge on any atom is -0.451 e. The Bertz CT molecular complexity index is 315. The molecule has 0 saturated heterocycles. The van der Waals surface area contributed by atoms with Gasteiger partial charge in [0.15, 0.2) is 6.39 Å². The Balaban J connectivity index is 2.46. The van der Waals surface area contributed by atoms with Gasteiger partial charge in [-0.05, 0) is 12.1 Å². The summed E-state index contributed by atoms with van der Waals surface area (Å²) in [6.45, 7) is 0. The summed E-state index contributed by atoms with van der Waals surface area (Å²) in [5.74, 6) is 0. The smallest absolute Gasteiger partial charge is 0.181 e. The number of hydrogen-bond acceptors (Lipinski definition) is 3. The van der Waals surface area contributed by atoms with Gasteiger partial charge < -0.3 is 4.42 Å². The molecule has 0 aliphatic rings. The van der Waals surface area contributed by atoms with Crippen LogP contribution in [0.25, 0.3) is 11.3 Å². The maximum Gasteiger partial charge on any atom is 0.181 e. The first-order chi connectivity index (χ1) is 5.47. The summed E-state index contributed by atoms with van der Waals surface area (Å²) in [6, 6.07) is 3.80. The Labute approximate surface area is 63.7 Å². The zero-order valence-electron chi connectivity index (χ0n) is 5.77. The van der Waals surface area contributed by atoms with E-state index in [0.29, 0.717) is 0 Å². The average Bonchev–Trinajstić information content (AvgIpc) is 2.58. The van der Waals surface area contributed by atoms with Crippen molar-refractivity contribution in [1.82, 2.24) is 9.97 Å². The van der Waals surface area contributed by atoms with Crippen LogP contribution in [0.5, 0.6) is 0 Å². The SMILES string of the molecule is c1cncc(-c2cocn2)c1. The summed E-state index contributed by atoms with van der Waals surface area (Å²) >= 11 is 0. The molecule has 3 heteroatoms. The zero-order chi connectivity index (χ0) is 7.52. The predicted octanol–water partition coefficient (Wildman–Crippen LogP) is 1.74. The van der Waals surface area contributed by atoms with Crippen LogP contribution in [0.3, 0.4) is 0 Å². The molecule has 0 amide bonds. The van der Waals surface area contributed by atoms with Crippen LogP contribution in [0.2, 0.25) is 0 Å². The van der Waals surface area contributed by atoms with Crippen LogP contribution in [0.15, 0.2) is 41.6 Å². The van der Waals surface area contributed by atoms with Crippen LogP contribution < -0.4 is 0 Å². The number of oxazole rings is 1. The molecule has 0 aliphatic carbocycles. The van der Waals surface area contributed by atoms with Gasteiger partial charge in [-0.25, -0.2) is 4.98 Å². The fraction of sp³-hybridized carbons (Fsp3) is 0. The van der Waals surface area contributed by atoms with Crippen molar-refractivity contribution in [2.45, 2.75) is 0 Å². The molecular weight excluding hydrogens is 140 g/mol. The lowest BCUT2D eigenvalue weighted by atomic mass is 10.2. The lowest BCUT2D eigenvalue weighted by Gasteiger charge is -1.90. The third kappa shape index (κ3) is 1.12. The second-order valence-corrected chi connectivity index (χ2v) is 2.12. The van der Waals surface area contributed by atoms with Crippen molar-refractivity contribution in [3.8, 4) is 11.3 Å². The van der Waals surface area contributed by atoms with E-state index in [1.807, 2.05) is 12.1 Å². The van der Waals surface area contributed by atoms with E-state index >= 15 is 0 Å². The largest absolute Gasteiger partial charge is 0.451 e. The molecule has 3 nitrogen and oxygen atoms in total. The van der Waals surface area contributed by atoms with Gasteiger partial charge in [-0.2, -0.15) is 0 Å². The average molecular weight is 146 g/mol. The number of nitrogens with zero attached hydrogens (tertiary/aromatic N) is 2. The van der Waals surface area contributed by atoms with E-state index in [0.717, 1.165) is 11.3 Å². The highest BCUT2D eigenvalue weighted by atomic mass is 16.3. The van der Waals surface area contributed by atoms with Crippen molar-refractivity contribution in [1.29, 1.82) is 0 Å². The van der Waals surface area contributed by atoms with Gasteiger partial charge in [0.1, 0.15) is 12.0 Å². The minimum absolute atomic E-state index is 0.818. The molecule has 0 aliphatic heterocycles. The molecule has 0 spiro atoms. The summed E-state index contributed by atoms with van der Waals surface area (Å²) in [5.41, 5.74) is 1.79. The Kier molecular flexibility index (Phi) is 1.41. The number of pyridine rings is 1. The fourth-order valence-electron chi connectivity index (χ4n) is 0.869. The summed E-state index contributed by atoms with van der Waals surface area (Å²) in [6.07, 6.45) is 6.47.